The van der Waals surface area contributed by atoms with Crippen LogP contribution in [0.2, 0.25) is 0 Å². The Morgan fingerprint density at radius 1 is 0.944 bits per heavy atom. The molecule has 4 aromatic rings. The molecule has 2 aliphatic rings. The molecule has 1 atom stereocenters. The van der Waals surface area contributed by atoms with E-state index >= 15 is 0 Å². The SMILES string of the molecule is CN(C)CCn1c2c(c3cncnc31)CC(CN(C)CCn1c3c(c4ncncc41)CCCO3)CO2. The molecule has 6 heterocycles. The van der Waals surface area contributed by atoms with Crippen molar-refractivity contribution in [3.63, 3.8) is 0 Å². The van der Waals surface area contributed by atoms with Crippen LogP contribution in [0, 0.1) is 5.92 Å². The van der Waals surface area contributed by atoms with E-state index < -0.39 is 0 Å². The first-order chi connectivity index (χ1) is 17.6. The van der Waals surface area contributed by atoms with Gasteiger partial charge in [0.15, 0.2) is 11.8 Å². The molecule has 0 bridgehead atoms. The maximum atomic E-state index is 6.38. The van der Waals surface area contributed by atoms with Crippen molar-refractivity contribution in [2.24, 2.45) is 5.92 Å². The Hall–Kier alpha value is -3.24. The number of nitrogens with zero attached hydrogens (tertiary/aromatic N) is 8. The summed E-state index contributed by atoms with van der Waals surface area (Å²) >= 11 is 0. The van der Waals surface area contributed by atoms with Crippen molar-refractivity contribution in [3.05, 3.63) is 36.2 Å². The van der Waals surface area contributed by atoms with Crippen LogP contribution in [0.15, 0.2) is 25.0 Å². The molecule has 0 spiro atoms. The summed E-state index contributed by atoms with van der Waals surface area (Å²) in [6, 6.07) is 0. The van der Waals surface area contributed by atoms with Gasteiger partial charge in [-0.1, -0.05) is 0 Å². The van der Waals surface area contributed by atoms with Gasteiger partial charge in [0.25, 0.3) is 0 Å². The van der Waals surface area contributed by atoms with Crippen LogP contribution in [0.25, 0.3) is 22.1 Å². The van der Waals surface area contributed by atoms with Gasteiger partial charge in [-0.05, 0) is 40.4 Å². The van der Waals surface area contributed by atoms with Crippen molar-refractivity contribution < 1.29 is 9.47 Å². The topological polar surface area (TPSA) is 86.4 Å². The Bertz CT molecular complexity index is 1380. The Kier molecular flexibility index (Phi) is 6.22. The van der Waals surface area contributed by atoms with Gasteiger partial charge in [0.1, 0.15) is 18.3 Å². The third kappa shape index (κ3) is 4.18. The van der Waals surface area contributed by atoms with E-state index in [1.54, 1.807) is 12.7 Å². The van der Waals surface area contributed by atoms with Crippen LogP contribution in [0.3, 0.4) is 0 Å². The van der Waals surface area contributed by atoms with Crippen molar-refractivity contribution in [1.82, 2.24) is 38.9 Å². The van der Waals surface area contributed by atoms with Gasteiger partial charge in [-0.25, -0.2) is 19.9 Å². The third-order valence-corrected chi connectivity index (χ3v) is 7.35. The molecule has 4 aromatic heterocycles. The molecule has 1 unspecified atom stereocenters. The molecule has 36 heavy (non-hydrogen) atoms. The largest absolute Gasteiger partial charge is 0.479 e. The first-order valence-corrected chi connectivity index (χ1v) is 12.8. The van der Waals surface area contributed by atoms with Crippen LogP contribution < -0.4 is 9.47 Å². The van der Waals surface area contributed by atoms with Crippen LogP contribution in [0.4, 0.5) is 0 Å². The lowest BCUT2D eigenvalue weighted by atomic mass is 9.97. The molecule has 190 valence electrons. The minimum Gasteiger partial charge on any atom is -0.479 e. The zero-order valence-electron chi connectivity index (χ0n) is 21.4. The Morgan fingerprint density at radius 2 is 1.75 bits per heavy atom. The fourth-order valence-electron chi connectivity index (χ4n) is 5.62. The maximum absolute atomic E-state index is 6.38. The number of aryl methyl sites for hydroxylation is 1. The van der Waals surface area contributed by atoms with E-state index in [0.717, 1.165) is 92.4 Å². The van der Waals surface area contributed by atoms with Crippen LogP contribution in [0.1, 0.15) is 17.5 Å². The number of rotatable bonds is 8. The summed E-state index contributed by atoms with van der Waals surface area (Å²) in [5, 5.41) is 1.11. The smallest absolute Gasteiger partial charge is 0.199 e. The summed E-state index contributed by atoms with van der Waals surface area (Å²) in [6.45, 7) is 5.96. The van der Waals surface area contributed by atoms with Gasteiger partial charge in [-0.15, -0.1) is 0 Å². The lowest BCUT2D eigenvalue weighted by Gasteiger charge is -2.29. The molecule has 0 aliphatic carbocycles. The first-order valence-electron chi connectivity index (χ1n) is 12.8. The summed E-state index contributed by atoms with van der Waals surface area (Å²) in [5.74, 6) is 2.35. The highest BCUT2D eigenvalue weighted by Crippen LogP contribution is 2.37. The molecule has 0 saturated heterocycles. The van der Waals surface area contributed by atoms with E-state index in [1.807, 2.05) is 12.4 Å². The minimum atomic E-state index is 0.408. The van der Waals surface area contributed by atoms with Crippen molar-refractivity contribution in [2.75, 3.05) is 54.0 Å². The second-order valence-corrected chi connectivity index (χ2v) is 10.3. The van der Waals surface area contributed by atoms with Crippen molar-refractivity contribution >= 4 is 22.1 Å². The summed E-state index contributed by atoms with van der Waals surface area (Å²) in [7, 11) is 6.37. The van der Waals surface area contributed by atoms with Crippen LogP contribution in [0.5, 0.6) is 11.8 Å². The molecule has 2 aliphatic heterocycles. The van der Waals surface area contributed by atoms with E-state index in [0.29, 0.717) is 12.5 Å². The van der Waals surface area contributed by atoms with E-state index in [4.69, 9.17) is 9.47 Å². The molecule has 0 N–H and O–H groups in total. The first kappa shape index (κ1) is 23.2. The monoisotopic (exact) mass is 490 g/mol. The molecule has 0 radical (unpaired) electrons. The fraction of sp³-hybridized carbons (Fsp3) is 0.538. The standard InChI is InChI=1S/C26H34N8O2/c1-31(2)6-8-34-24-21(12-27-17-30-24)20-11-18(15-36-26(20)34)14-32(3)7-9-33-22-13-28-16-29-23(22)19-5-4-10-35-25(19)33/h12-13,16-18H,4-11,14-15H2,1-3H3. The lowest BCUT2D eigenvalue weighted by Crippen LogP contribution is -2.34. The third-order valence-electron chi connectivity index (χ3n) is 7.35. The van der Waals surface area contributed by atoms with Gasteiger partial charge in [-0.2, -0.15) is 0 Å². The number of aromatic nitrogens is 6. The summed E-state index contributed by atoms with van der Waals surface area (Å²) in [6.07, 6.45) is 10.1. The molecule has 0 fully saturated rings. The molecule has 10 nitrogen and oxygen atoms in total. The molecule has 6 rings (SSSR count). The molecule has 0 saturated carbocycles. The predicted octanol–water partition coefficient (Wildman–Crippen LogP) is 2.25. The van der Waals surface area contributed by atoms with E-state index in [-0.39, 0.29) is 0 Å². The quantitative estimate of drug-likeness (QED) is 0.372. The normalized spacial score (nSPS) is 17.4. The van der Waals surface area contributed by atoms with Crippen molar-refractivity contribution in [2.45, 2.75) is 32.4 Å². The Morgan fingerprint density at radius 3 is 2.64 bits per heavy atom. The second kappa shape index (κ2) is 9.67. The molecular formula is C26H34N8O2. The number of fused-ring (bicyclic) bond motifs is 6. The molecular weight excluding hydrogens is 456 g/mol. The van der Waals surface area contributed by atoms with Crippen molar-refractivity contribution in [3.8, 4) is 11.8 Å². The fourth-order valence-corrected chi connectivity index (χ4v) is 5.62. The van der Waals surface area contributed by atoms with Gasteiger partial charge in [0.2, 0.25) is 0 Å². The zero-order chi connectivity index (χ0) is 24.6. The highest BCUT2D eigenvalue weighted by molar-refractivity contribution is 5.83. The predicted molar refractivity (Wildman–Crippen MR) is 138 cm³/mol. The second-order valence-electron chi connectivity index (χ2n) is 10.3. The van der Waals surface area contributed by atoms with E-state index in [9.17, 15) is 0 Å². The number of likely N-dealkylation sites (N-methyl/N-ethyl adjacent to an activating group) is 2. The highest BCUT2D eigenvalue weighted by atomic mass is 16.5. The highest BCUT2D eigenvalue weighted by Gasteiger charge is 2.29. The number of ether oxygens (including phenoxy) is 2. The summed E-state index contributed by atoms with van der Waals surface area (Å²) < 4.78 is 16.9. The Balaban J connectivity index is 1.16. The Labute approximate surface area is 210 Å². The summed E-state index contributed by atoms with van der Waals surface area (Å²) in [5.41, 5.74) is 5.53. The van der Waals surface area contributed by atoms with Gasteiger partial charge in [-0.3, -0.25) is 4.57 Å². The van der Waals surface area contributed by atoms with Crippen LogP contribution >= 0.6 is 0 Å². The maximum Gasteiger partial charge on any atom is 0.199 e. The van der Waals surface area contributed by atoms with Crippen LogP contribution in [-0.2, 0) is 25.9 Å². The van der Waals surface area contributed by atoms with Gasteiger partial charge in [0.05, 0.1) is 30.4 Å². The van der Waals surface area contributed by atoms with Gasteiger partial charge in [0, 0.05) is 61.4 Å². The van der Waals surface area contributed by atoms with Gasteiger partial charge < -0.3 is 23.8 Å². The molecule has 0 amide bonds. The summed E-state index contributed by atoms with van der Waals surface area (Å²) in [4.78, 5) is 22.3. The zero-order valence-corrected chi connectivity index (χ0v) is 21.4. The average Bonchev–Trinajstić information content (AvgIpc) is 3.38. The number of hydrogen-bond acceptors (Lipinski definition) is 8. The molecule has 0 aromatic carbocycles. The van der Waals surface area contributed by atoms with E-state index in [1.165, 1.54) is 11.1 Å². The minimum absolute atomic E-state index is 0.408. The van der Waals surface area contributed by atoms with E-state index in [2.05, 4.69) is 60.0 Å². The number of hydrogen-bond donors (Lipinski definition) is 0. The lowest BCUT2D eigenvalue weighted by molar-refractivity contribution is 0.162. The van der Waals surface area contributed by atoms with Gasteiger partial charge >= 0.3 is 0 Å². The van der Waals surface area contributed by atoms with Crippen LogP contribution in [-0.4, -0.2) is 92.9 Å². The molecule has 10 heteroatoms. The average molecular weight is 491 g/mol. The van der Waals surface area contributed by atoms with Crippen molar-refractivity contribution in [1.29, 1.82) is 0 Å².